The van der Waals surface area contributed by atoms with Crippen molar-refractivity contribution in [3.05, 3.63) is 70.1 Å². The largest absolute Gasteiger partial charge is 0.374 e. The molecule has 3 aromatic rings. The van der Waals surface area contributed by atoms with E-state index in [-0.39, 0.29) is 11.8 Å². The van der Waals surface area contributed by atoms with Crippen LogP contribution in [0.5, 0.6) is 0 Å². The summed E-state index contributed by atoms with van der Waals surface area (Å²) in [5, 5.41) is 0. The number of benzene rings is 2. The van der Waals surface area contributed by atoms with E-state index >= 15 is 0 Å². The second-order valence-electron chi connectivity index (χ2n) is 7.59. The standard InChI is InChI=1S/C21H24N4O2/c26-21-22-17-7-6-16(10-18(17)23-21)11-24-13-19-20(14-24)27-9-8-25(19)12-15-4-2-1-3-5-15/h1-7,10,19-20H,8-9,11-14H2,(H2,22,23,26)/t19-,20+/m1/s1. The number of aromatic amines is 2. The number of rotatable bonds is 4. The van der Waals surface area contributed by atoms with Crippen LogP contribution in [0.25, 0.3) is 11.0 Å². The molecule has 5 rings (SSSR count). The number of H-pyrrole nitrogens is 2. The summed E-state index contributed by atoms with van der Waals surface area (Å²) in [7, 11) is 0. The van der Waals surface area contributed by atoms with Crippen molar-refractivity contribution in [2.75, 3.05) is 26.2 Å². The number of ether oxygens (including phenoxy) is 1. The third kappa shape index (κ3) is 3.43. The van der Waals surface area contributed by atoms with Crippen molar-refractivity contribution in [3.8, 4) is 0 Å². The van der Waals surface area contributed by atoms with Crippen LogP contribution in [-0.4, -0.2) is 58.2 Å². The summed E-state index contributed by atoms with van der Waals surface area (Å²) in [6.45, 7) is 5.62. The van der Waals surface area contributed by atoms with Crippen molar-refractivity contribution >= 4 is 11.0 Å². The topological polar surface area (TPSA) is 64.4 Å². The molecule has 6 heteroatoms. The molecule has 0 saturated carbocycles. The second kappa shape index (κ2) is 6.96. The number of hydrogen-bond donors (Lipinski definition) is 2. The first-order valence-electron chi connectivity index (χ1n) is 9.57. The zero-order valence-electron chi connectivity index (χ0n) is 15.2. The summed E-state index contributed by atoms with van der Waals surface area (Å²) in [5.41, 5.74) is 4.15. The van der Waals surface area contributed by atoms with Crippen LogP contribution < -0.4 is 5.69 Å². The van der Waals surface area contributed by atoms with E-state index in [1.165, 1.54) is 11.1 Å². The Hall–Kier alpha value is -2.41. The van der Waals surface area contributed by atoms with Crippen molar-refractivity contribution in [1.29, 1.82) is 0 Å². The van der Waals surface area contributed by atoms with Gasteiger partial charge in [0.1, 0.15) is 0 Å². The molecule has 0 spiro atoms. The maximum absolute atomic E-state index is 11.5. The lowest BCUT2D eigenvalue weighted by Gasteiger charge is -2.37. The van der Waals surface area contributed by atoms with Crippen LogP contribution in [0.1, 0.15) is 11.1 Å². The van der Waals surface area contributed by atoms with Gasteiger partial charge in [0, 0.05) is 32.7 Å². The van der Waals surface area contributed by atoms with Gasteiger partial charge in [-0.2, -0.15) is 0 Å². The average Bonchev–Trinajstić information content (AvgIpc) is 3.25. The highest BCUT2D eigenvalue weighted by molar-refractivity contribution is 5.74. The zero-order valence-corrected chi connectivity index (χ0v) is 15.2. The summed E-state index contributed by atoms with van der Waals surface area (Å²) in [6, 6.07) is 17.3. The van der Waals surface area contributed by atoms with Gasteiger partial charge in [0.25, 0.3) is 0 Å². The summed E-state index contributed by atoms with van der Waals surface area (Å²) in [4.78, 5) is 22.1. The molecule has 2 N–H and O–H groups in total. The molecule has 2 aliphatic heterocycles. The van der Waals surface area contributed by atoms with E-state index in [0.717, 1.165) is 50.4 Å². The van der Waals surface area contributed by atoms with Crippen molar-refractivity contribution in [3.63, 3.8) is 0 Å². The molecule has 0 bridgehead atoms. The van der Waals surface area contributed by atoms with Gasteiger partial charge in [-0.25, -0.2) is 4.79 Å². The SMILES string of the molecule is O=c1[nH]c2ccc(CN3C[C@@H]4OCCN(Cc5ccccc5)[C@@H]4C3)cc2[nH]1. The van der Waals surface area contributed by atoms with Crippen LogP contribution in [0, 0.1) is 0 Å². The van der Waals surface area contributed by atoms with Gasteiger partial charge in [-0.15, -0.1) is 0 Å². The van der Waals surface area contributed by atoms with E-state index in [1.54, 1.807) is 0 Å². The summed E-state index contributed by atoms with van der Waals surface area (Å²) in [5.74, 6) is 0. The van der Waals surface area contributed by atoms with Gasteiger partial charge in [-0.05, 0) is 23.3 Å². The predicted molar refractivity (Wildman–Crippen MR) is 105 cm³/mol. The number of morpholine rings is 1. The van der Waals surface area contributed by atoms with Gasteiger partial charge in [-0.1, -0.05) is 36.4 Å². The Labute approximate surface area is 157 Å². The van der Waals surface area contributed by atoms with Gasteiger partial charge < -0.3 is 14.7 Å². The molecule has 2 atom stereocenters. The van der Waals surface area contributed by atoms with Gasteiger partial charge in [0.15, 0.2) is 0 Å². The van der Waals surface area contributed by atoms with Crippen LogP contribution >= 0.6 is 0 Å². The predicted octanol–water partition coefficient (Wildman–Crippen LogP) is 1.94. The molecule has 3 heterocycles. The lowest BCUT2D eigenvalue weighted by Crippen LogP contribution is -2.50. The molecule has 2 saturated heterocycles. The maximum Gasteiger partial charge on any atom is 0.323 e. The minimum Gasteiger partial charge on any atom is -0.374 e. The van der Waals surface area contributed by atoms with Crippen LogP contribution in [0.2, 0.25) is 0 Å². The zero-order chi connectivity index (χ0) is 18.2. The fraction of sp³-hybridized carbons (Fsp3) is 0.381. The Morgan fingerprint density at radius 1 is 0.963 bits per heavy atom. The van der Waals surface area contributed by atoms with E-state index < -0.39 is 0 Å². The van der Waals surface area contributed by atoms with Crippen LogP contribution in [0.15, 0.2) is 53.3 Å². The molecule has 2 aliphatic rings. The van der Waals surface area contributed by atoms with Crippen LogP contribution in [0.4, 0.5) is 0 Å². The third-order valence-corrected chi connectivity index (χ3v) is 5.71. The van der Waals surface area contributed by atoms with Crippen molar-refractivity contribution in [2.45, 2.75) is 25.2 Å². The molecule has 0 radical (unpaired) electrons. The second-order valence-corrected chi connectivity index (χ2v) is 7.59. The third-order valence-electron chi connectivity index (χ3n) is 5.71. The van der Waals surface area contributed by atoms with E-state index in [1.807, 2.05) is 6.07 Å². The van der Waals surface area contributed by atoms with Gasteiger partial charge in [0.05, 0.1) is 29.8 Å². The number of aromatic nitrogens is 2. The smallest absolute Gasteiger partial charge is 0.323 e. The minimum absolute atomic E-state index is 0.153. The highest BCUT2D eigenvalue weighted by Crippen LogP contribution is 2.26. The molecule has 2 aromatic carbocycles. The van der Waals surface area contributed by atoms with Crippen LogP contribution in [0.3, 0.4) is 0 Å². The molecule has 1 aromatic heterocycles. The Morgan fingerprint density at radius 2 is 1.81 bits per heavy atom. The van der Waals surface area contributed by atoms with Crippen molar-refractivity contribution < 1.29 is 4.74 Å². The lowest BCUT2D eigenvalue weighted by molar-refractivity contribution is -0.0504. The average molecular weight is 364 g/mol. The molecule has 0 aliphatic carbocycles. The maximum atomic E-state index is 11.5. The number of nitrogens with one attached hydrogen (secondary N) is 2. The number of nitrogens with zero attached hydrogens (tertiary/aromatic N) is 2. The number of fused-ring (bicyclic) bond motifs is 2. The van der Waals surface area contributed by atoms with Crippen molar-refractivity contribution in [2.24, 2.45) is 0 Å². The molecule has 0 amide bonds. The van der Waals surface area contributed by atoms with Crippen LogP contribution in [-0.2, 0) is 17.8 Å². The Bertz CT molecular complexity index is 981. The first kappa shape index (κ1) is 16.7. The Kier molecular flexibility index (Phi) is 4.32. The number of imidazole rings is 1. The highest BCUT2D eigenvalue weighted by atomic mass is 16.5. The van der Waals surface area contributed by atoms with Gasteiger partial charge >= 0.3 is 5.69 Å². The lowest BCUT2D eigenvalue weighted by atomic mass is 10.1. The van der Waals surface area contributed by atoms with E-state index in [4.69, 9.17) is 4.74 Å². The highest BCUT2D eigenvalue weighted by Gasteiger charge is 2.39. The molecule has 6 nitrogen and oxygen atoms in total. The van der Waals surface area contributed by atoms with E-state index in [2.05, 4.69) is 62.2 Å². The Morgan fingerprint density at radius 3 is 2.70 bits per heavy atom. The first-order chi connectivity index (χ1) is 13.2. The Balaban J connectivity index is 1.29. The summed E-state index contributed by atoms with van der Waals surface area (Å²) in [6.07, 6.45) is 0.276. The quantitative estimate of drug-likeness (QED) is 0.743. The fourth-order valence-corrected chi connectivity index (χ4v) is 4.41. The summed E-state index contributed by atoms with van der Waals surface area (Å²) >= 11 is 0. The van der Waals surface area contributed by atoms with Gasteiger partial charge in [-0.3, -0.25) is 9.80 Å². The molecular weight excluding hydrogens is 340 g/mol. The minimum atomic E-state index is -0.153. The molecule has 0 unspecified atom stereocenters. The van der Waals surface area contributed by atoms with Gasteiger partial charge in [0.2, 0.25) is 0 Å². The number of hydrogen-bond acceptors (Lipinski definition) is 4. The normalized spacial score (nSPS) is 23.7. The van der Waals surface area contributed by atoms with Crippen molar-refractivity contribution in [1.82, 2.24) is 19.8 Å². The van der Waals surface area contributed by atoms with E-state index in [9.17, 15) is 4.79 Å². The molecule has 27 heavy (non-hydrogen) atoms. The number of likely N-dealkylation sites (tertiary alicyclic amines) is 1. The molecule has 2 fully saturated rings. The molecule has 140 valence electrons. The first-order valence-corrected chi connectivity index (χ1v) is 9.57. The molecular formula is C21H24N4O2. The fourth-order valence-electron chi connectivity index (χ4n) is 4.41. The summed E-state index contributed by atoms with van der Waals surface area (Å²) < 4.78 is 6.08. The monoisotopic (exact) mass is 364 g/mol. The van der Waals surface area contributed by atoms with E-state index in [0.29, 0.717) is 6.04 Å².